The Labute approximate surface area is 618 Å². The predicted octanol–water partition coefficient (Wildman–Crippen LogP) is 1.62. The average molecular weight is 1420 g/mol. The molecule has 0 fully saturated rings. The van der Waals surface area contributed by atoms with Gasteiger partial charge < -0.3 is 0 Å². The first-order valence-electron chi connectivity index (χ1n) is 33.2. The fraction of sp³-hybridized carbons (Fsp3) is 0.217. The number of fused-ring (bicyclic) bond motifs is 6. The maximum atomic E-state index is 5.54. The topological polar surface area (TPSA) is 226 Å². The number of aromatic nitrogens is 6. The first kappa shape index (κ1) is 67.8. The minimum atomic E-state index is 0.421. The summed E-state index contributed by atoms with van der Waals surface area (Å²) in [6.45, 7) is 9.10. The van der Waals surface area contributed by atoms with E-state index in [0.717, 1.165) is 190 Å². The summed E-state index contributed by atoms with van der Waals surface area (Å²) in [5, 5.41) is 10.7. The van der Waals surface area contributed by atoms with Gasteiger partial charge in [0.05, 0.1) is 63.9 Å². The Kier molecular flexibility index (Phi) is 20.1. The second-order valence-corrected chi connectivity index (χ2v) is 30.6. The summed E-state index contributed by atoms with van der Waals surface area (Å²) in [6.07, 6.45) is 16.3. The summed E-state index contributed by atoms with van der Waals surface area (Å²) in [4.78, 5) is 95.6. The number of nitrogens with zero attached hydrogens (tertiary/aromatic N) is 18. The predicted molar refractivity (Wildman–Crippen MR) is 416 cm³/mol. The minimum Gasteiger partial charge on any atom is -0.259 e. The Hall–Kier alpha value is -8.72. The maximum absolute atomic E-state index is 5.54. The highest BCUT2D eigenvalue weighted by atomic mass is 32.1. The third-order valence-corrected chi connectivity index (χ3v) is 24.6. The molecule has 0 saturated carbocycles. The number of hydrogen-bond acceptors (Lipinski definition) is 24. The smallest absolute Gasteiger partial charge is 0.131 e. The van der Waals surface area contributed by atoms with Crippen molar-refractivity contribution in [1.29, 1.82) is 0 Å². The Morgan fingerprint density at radius 3 is 0.941 bits per heavy atom. The van der Waals surface area contributed by atoms with Crippen molar-refractivity contribution in [3.05, 3.63) is 223 Å². The molecule has 6 aliphatic heterocycles. The molecule has 33 heteroatoms. The number of aryl methyl sites for hydroxylation is 3. The zero-order chi connectivity index (χ0) is 69.2. The van der Waals surface area contributed by atoms with Gasteiger partial charge in [0.2, 0.25) is 0 Å². The third-order valence-electron chi connectivity index (χ3n) is 17.6. The van der Waals surface area contributed by atoms with Gasteiger partial charge in [0.25, 0.3) is 0 Å². The summed E-state index contributed by atoms with van der Waals surface area (Å²) >= 11 is 10.3. The van der Waals surface area contributed by atoms with Gasteiger partial charge in [-0.2, -0.15) is 34.0 Å². The SMILES string of the molecule is [B][B][B]c1ccc(-c2cnc(Cc3cnc(-c4ccc(CC)s4)c4c3=NCN=4)c3c2=NCN=3)s1.[B][B][B]c1ccc(-c2cnc(Cc3ncc(-c4ccc(CC)s4)c4c3=NCN=4)c3c2=NCN=3)s1.[B][B][B]c1ccc(-c2ncc(Cc3cnc(-c4ccc(CC)s4)c4c3=NCN=4)c3c2=NCN=3)s1. The summed E-state index contributed by atoms with van der Waals surface area (Å²) in [5.74, 6) is 0. The summed E-state index contributed by atoms with van der Waals surface area (Å²) in [5.41, 5.74) is 11.5. The molecule has 480 valence electrons. The normalized spacial score (nSPS) is 13.3. The number of hydrogen-bond donors (Lipinski definition) is 0. The second-order valence-electron chi connectivity index (χ2n) is 23.8. The highest BCUT2D eigenvalue weighted by Gasteiger charge is 2.23. The van der Waals surface area contributed by atoms with Crippen LogP contribution in [0.2, 0.25) is 0 Å². The average Bonchev–Trinajstić information content (AvgIpc) is 1.57. The molecule has 0 saturated heterocycles. The quantitative estimate of drug-likeness (QED) is 0.0972. The summed E-state index contributed by atoms with van der Waals surface area (Å²) < 4.78 is 3.26. The molecule has 12 radical (unpaired) electrons. The Morgan fingerprint density at radius 2 is 0.569 bits per heavy atom. The molecule has 0 aromatic carbocycles. The molecule has 12 aromatic heterocycles. The Balaban J connectivity index is 0.000000118. The maximum Gasteiger partial charge on any atom is 0.131 e. The van der Waals surface area contributed by atoms with Gasteiger partial charge in [-0.25, -0.2) is 0 Å². The van der Waals surface area contributed by atoms with Crippen LogP contribution in [0.4, 0.5) is 0 Å². The molecule has 0 bridgehead atoms. The molecule has 0 unspecified atom stereocenters. The molecule has 0 spiro atoms. The van der Waals surface area contributed by atoms with E-state index < -0.39 is 0 Å². The molecule has 6 aliphatic rings. The van der Waals surface area contributed by atoms with Crippen molar-refractivity contribution in [3.63, 3.8) is 0 Å². The lowest BCUT2D eigenvalue weighted by atomic mass is 9.28. The van der Waals surface area contributed by atoms with E-state index in [9.17, 15) is 0 Å². The van der Waals surface area contributed by atoms with E-state index in [1.165, 1.54) is 19.5 Å². The third kappa shape index (κ3) is 13.6. The molecule has 0 amide bonds. The molecule has 0 aliphatic carbocycles. The molecular formula is C69H51B9N18S6. The van der Waals surface area contributed by atoms with Gasteiger partial charge in [0.1, 0.15) is 111 Å². The summed E-state index contributed by atoms with van der Waals surface area (Å²) in [6, 6.07) is 25.3. The molecule has 18 rings (SSSR count). The van der Waals surface area contributed by atoms with Gasteiger partial charge in [-0.15, -0.1) is 34.0 Å². The van der Waals surface area contributed by atoms with Crippen LogP contribution in [-0.4, -0.2) is 136 Å². The van der Waals surface area contributed by atoms with E-state index in [2.05, 4.69) is 130 Å². The van der Waals surface area contributed by atoms with Gasteiger partial charge >= 0.3 is 0 Å². The summed E-state index contributed by atoms with van der Waals surface area (Å²) in [7, 11) is 26.9. The number of rotatable bonds is 21. The van der Waals surface area contributed by atoms with Crippen LogP contribution in [0.3, 0.4) is 0 Å². The van der Waals surface area contributed by atoms with Gasteiger partial charge in [-0.1, -0.05) is 39.0 Å². The Morgan fingerprint density at radius 1 is 0.284 bits per heavy atom. The van der Waals surface area contributed by atoms with Crippen LogP contribution in [0.15, 0.2) is 170 Å². The first-order chi connectivity index (χ1) is 50.2. The lowest BCUT2D eigenvalue weighted by Gasteiger charge is -2.05. The van der Waals surface area contributed by atoms with E-state index >= 15 is 0 Å². The van der Waals surface area contributed by atoms with E-state index in [-0.39, 0.29) is 0 Å². The van der Waals surface area contributed by atoms with Crippen LogP contribution in [0.25, 0.3) is 63.0 Å². The number of thiophene rings is 6. The molecule has 18 heterocycles. The van der Waals surface area contributed by atoms with Crippen molar-refractivity contribution >= 4 is 148 Å². The molecule has 0 N–H and O–H groups in total. The van der Waals surface area contributed by atoms with Crippen LogP contribution < -0.4 is 78.6 Å². The molecule has 12 aromatic rings. The van der Waals surface area contributed by atoms with Gasteiger partial charge in [-0.05, 0) is 88.2 Å². The van der Waals surface area contributed by atoms with Crippen LogP contribution in [0.1, 0.15) is 69.2 Å². The molecular weight excluding hydrogens is 1370 g/mol. The van der Waals surface area contributed by atoms with Crippen LogP contribution in [0.5, 0.6) is 0 Å². The molecule has 18 nitrogen and oxygen atoms in total. The van der Waals surface area contributed by atoms with Gasteiger partial charge in [0.15, 0.2) is 0 Å². The fourth-order valence-corrected chi connectivity index (χ4v) is 18.4. The zero-order valence-corrected chi connectivity index (χ0v) is 60.5. The standard InChI is InChI=1S/3C23H17B3N6S2/c1-2-14-3-4-15(33-14)20-22-18(29-10-31-22)12(8-27-20)7-13-9-28-21(23-19(13)30-11-32-23)16-5-6-17(34-16)25-26-24;1-2-13-3-4-17(33-13)22-23-19(29-10-32-23)12(8-28-22)7-15-21-20(30-11-31-21)14(9-27-15)16-5-6-18(34-16)25-26-24;1-2-12-3-4-17(33-12)13-8-27-15(22-20(13)29-10-31-22)7-16-23-21(30-11-32-23)14(9-28-16)18-5-6-19(34-18)25-26-24/h3*3-6,8-9H,2,7,10-11H2,1H3. The highest BCUT2D eigenvalue weighted by Crippen LogP contribution is 2.29. The largest absolute Gasteiger partial charge is 0.259 e. The van der Waals surface area contributed by atoms with E-state index in [0.29, 0.717) is 59.3 Å². The van der Waals surface area contributed by atoms with Crippen molar-refractivity contribution in [2.75, 3.05) is 40.0 Å². The van der Waals surface area contributed by atoms with Crippen LogP contribution in [-0.2, 0) is 38.5 Å². The minimum absolute atomic E-state index is 0.421. The van der Waals surface area contributed by atoms with Crippen molar-refractivity contribution in [2.24, 2.45) is 59.9 Å². The van der Waals surface area contributed by atoms with Gasteiger partial charge in [-0.3, -0.25) is 89.8 Å². The lowest BCUT2D eigenvalue weighted by molar-refractivity contribution is 0.944. The monoisotopic (exact) mass is 1420 g/mol. The number of pyridine rings is 6. The first-order valence-corrected chi connectivity index (χ1v) is 38.1. The van der Waals surface area contributed by atoms with Crippen molar-refractivity contribution in [1.82, 2.24) is 29.9 Å². The Bertz CT molecular complexity index is 5570. The van der Waals surface area contributed by atoms with E-state index in [1.807, 2.05) is 76.9 Å². The highest BCUT2D eigenvalue weighted by molar-refractivity contribution is 7.39. The van der Waals surface area contributed by atoms with E-state index in [4.69, 9.17) is 58.1 Å². The van der Waals surface area contributed by atoms with Crippen LogP contribution >= 0.6 is 68.0 Å². The van der Waals surface area contributed by atoms with Crippen LogP contribution in [0, 0.1) is 0 Å². The molecule has 0 atom stereocenters. The van der Waals surface area contributed by atoms with Crippen molar-refractivity contribution in [3.8, 4) is 63.0 Å². The second kappa shape index (κ2) is 30.3. The van der Waals surface area contributed by atoms with Crippen molar-refractivity contribution in [2.45, 2.75) is 59.3 Å². The lowest BCUT2D eigenvalue weighted by Crippen LogP contribution is -2.34. The molecule has 102 heavy (non-hydrogen) atoms. The van der Waals surface area contributed by atoms with Crippen molar-refractivity contribution < 1.29 is 0 Å². The van der Waals surface area contributed by atoms with E-state index in [1.54, 1.807) is 89.2 Å². The van der Waals surface area contributed by atoms with Gasteiger partial charge in [0, 0.05) is 163 Å². The zero-order valence-electron chi connectivity index (χ0n) is 55.6. The fourth-order valence-electron chi connectivity index (χ4n) is 12.7.